The quantitative estimate of drug-likeness (QED) is 0.502. The number of nitrogens with two attached hydrogens (primary N) is 1. The van der Waals surface area contributed by atoms with E-state index in [0.717, 1.165) is 19.3 Å². The Morgan fingerprint density at radius 2 is 1.55 bits per heavy atom. The summed E-state index contributed by atoms with van der Waals surface area (Å²) in [6, 6.07) is 6.61. The molecule has 0 spiro atoms. The normalized spacial score (nSPS) is 28.1. The van der Waals surface area contributed by atoms with Crippen molar-refractivity contribution in [1.82, 2.24) is 10.6 Å². The summed E-state index contributed by atoms with van der Waals surface area (Å²) < 4.78 is 0. The monoisotopic (exact) mass is 426 g/mol. The predicted molar refractivity (Wildman–Crippen MR) is 115 cm³/mol. The maximum atomic E-state index is 13.0. The van der Waals surface area contributed by atoms with Crippen LogP contribution in [-0.4, -0.2) is 36.7 Å². The molecule has 5 N–H and O–H groups in total. The van der Waals surface area contributed by atoms with Crippen molar-refractivity contribution in [3.63, 3.8) is 0 Å². The van der Waals surface area contributed by atoms with Crippen molar-refractivity contribution in [1.29, 1.82) is 0 Å². The van der Waals surface area contributed by atoms with E-state index >= 15 is 0 Å². The predicted octanol–water partition coefficient (Wildman–Crippen LogP) is 1.56. The number of rotatable bonds is 8. The second-order valence-electron chi connectivity index (χ2n) is 9.45. The Morgan fingerprint density at radius 1 is 0.935 bits per heavy atom. The average Bonchev–Trinajstić information content (AvgIpc) is 2.71. The summed E-state index contributed by atoms with van der Waals surface area (Å²) in [6.45, 7) is -0.00418. The molecule has 5 rings (SSSR count). The van der Waals surface area contributed by atoms with Gasteiger partial charge in [-0.15, -0.1) is 0 Å². The van der Waals surface area contributed by atoms with Gasteiger partial charge in [-0.25, -0.2) is 0 Å². The first kappa shape index (κ1) is 21.3. The minimum absolute atomic E-state index is 0.000713. The van der Waals surface area contributed by atoms with Gasteiger partial charge in [-0.1, -0.05) is 12.1 Å². The fourth-order valence-corrected chi connectivity index (χ4v) is 6.12. The molecule has 0 unspecified atom stereocenters. The van der Waals surface area contributed by atoms with Gasteiger partial charge >= 0.3 is 0 Å². The molecular weight excluding hydrogens is 396 g/mol. The van der Waals surface area contributed by atoms with Crippen LogP contribution in [0.3, 0.4) is 0 Å². The Labute approximate surface area is 181 Å². The van der Waals surface area contributed by atoms with Crippen molar-refractivity contribution in [3.05, 3.63) is 29.8 Å². The third kappa shape index (κ3) is 4.73. The van der Waals surface area contributed by atoms with Crippen LogP contribution in [0, 0.1) is 23.2 Å². The lowest BCUT2D eigenvalue weighted by molar-refractivity contribution is -0.146. The van der Waals surface area contributed by atoms with Gasteiger partial charge < -0.3 is 21.7 Å². The fourth-order valence-electron chi connectivity index (χ4n) is 6.12. The Balaban J connectivity index is 1.32. The van der Waals surface area contributed by atoms with E-state index < -0.39 is 11.8 Å². The molecule has 0 atom stereocenters. The highest BCUT2D eigenvalue weighted by molar-refractivity contribution is 6.04. The molecule has 4 amide bonds. The summed E-state index contributed by atoms with van der Waals surface area (Å²) in [5.41, 5.74) is 5.42. The second-order valence-corrected chi connectivity index (χ2v) is 9.45. The summed E-state index contributed by atoms with van der Waals surface area (Å²) in [7, 11) is 0. The maximum Gasteiger partial charge on any atom is 0.253 e. The molecule has 0 saturated heterocycles. The molecule has 0 heterocycles. The molecule has 0 radical (unpaired) electrons. The number of carbonyl (C=O) groups excluding carboxylic acids is 4. The smallest absolute Gasteiger partial charge is 0.253 e. The number of para-hydroxylation sites is 1. The van der Waals surface area contributed by atoms with Gasteiger partial charge in [0.1, 0.15) is 0 Å². The van der Waals surface area contributed by atoms with Crippen LogP contribution in [0.4, 0.5) is 5.69 Å². The third-order valence-corrected chi connectivity index (χ3v) is 7.03. The minimum Gasteiger partial charge on any atom is -0.370 e. The molecule has 4 fully saturated rings. The lowest BCUT2D eigenvalue weighted by atomic mass is 9.49. The van der Waals surface area contributed by atoms with E-state index in [4.69, 9.17) is 5.73 Å². The van der Waals surface area contributed by atoms with Gasteiger partial charge in [0.05, 0.1) is 17.8 Å². The SMILES string of the molecule is NC(=O)CCNC(=O)c1ccccc1NC(=O)CNC(=O)C12CC3CC(CC(C3)C1)C2. The zero-order valence-electron chi connectivity index (χ0n) is 17.6. The van der Waals surface area contributed by atoms with Gasteiger partial charge in [-0.2, -0.15) is 0 Å². The van der Waals surface area contributed by atoms with Gasteiger partial charge in [0.15, 0.2) is 0 Å². The van der Waals surface area contributed by atoms with Crippen molar-refractivity contribution in [3.8, 4) is 0 Å². The van der Waals surface area contributed by atoms with Crippen molar-refractivity contribution in [2.75, 3.05) is 18.4 Å². The van der Waals surface area contributed by atoms with Gasteiger partial charge in [-0.05, 0) is 68.4 Å². The number of benzene rings is 1. The summed E-state index contributed by atoms with van der Waals surface area (Å²) in [5, 5.41) is 8.17. The van der Waals surface area contributed by atoms with Crippen LogP contribution in [-0.2, 0) is 14.4 Å². The largest absolute Gasteiger partial charge is 0.370 e. The molecule has 8 heteroatoms. The molecular formula is C23H30N4O4. The van der Waals surface area contributed by atoms with E-state index in [0.29, 0.717) is 23.4 Å². The Morgan fingerprint density at radius 3 is 2.16 bits per heavy atom. The van der Waals surface area contributed by atoms with E-state index in [2.05, 4.69) is 16.0 Å². The molecule has 166 valence electrons. The Bertz CT molecular complexity index is 862. The van der Waals surface area contributed by atoms with E-state index in [1.165, 1.54) is 19.3 Å². The number of primary amides is 1. The summed E-state index contributed by atoms with van der Waals surface area (Å²) in [5.74, 6) is 0.684. The molecule has 4 aliphatic carbocycles. The molecule has 31 heavy (non-hydrogen) atoms. The first-order valence-corrected chi connectivity index (χ1v) is 11.1. The van der Waals surface area contributed by atoms with Crippen molar-refractivity contribution in [2.24, 2.45) is 28.9 Å². The van der Waals surface area contributed by atoms with Gasteiger partial charge in [-0.3, -0.25) is 19.2 Å². The molecule has 0 aromatic heterocycles. The van der Waals surface area contributed by atoms with Gasteiger partial charge in [0.2, 0.25) is 17.7 Å². The molecule has 1 aromatic rings. The zero-order chi connectivity index (χ0) is 22.0. The number of nitrogens with one attached hydrogen (secondary N) is 3. The number of hydrogen-bond donors (Lipinski definition) is 4. The highest BCUT2D eigenvalue weighted by Crippen LogP contribution is 2.60. The third-order valence-electron chi connectivity index (χ3n) is 7.03. The highest BCUT2D eigenvalue weighted by Gasteiger charge is 2.54. The zero-order valence-corrected chi connectivity index (χ0v) is 17.6. The van der Waals surface area contributed by atoms with Crippen LogP contribution < -0.4 is 21.7 Å². The second kappa shape index (κ2) is 8.69. The highest BCUT2D eigenvalue weighted by atomic mass is 16.2. The Kier molecular flexibility index (Phi) is 5.98. The molecule has 0 aliphatic heterocycles. The van der Waals surface area contributed by atoms with Crippen molar-refractivity contribution >= 4 is 29.3 Å². The first-order valence-electron chi connectivity index (χ1n) is 11.1. The minimum atomic E-state index is -0.503. The number of amides is 4. The summed E-state index contributed by atoms with van der Waals surface area (Å²) >= 11 is 0. The van der Waals surface area contributed by atoms with Crippen molar-refractivity contribution in [2.45, 2.75) is 44.9 Å². The average molecular weight is 427 g/mol. The van der Waals surface area contributed by atoms with Crippen LogP contribution in [0.1, 0.15) is 55.3 Å². The van der Waals surface area contributed by atoms with Crippen LogP contribution in [0.15, 0.2) is 24.3 Å². The molecule has 4 saturated carbocycles. The maximum absolute atomic E-state index is 13.0. The summed E-state index contributed by atoms with van der Waals surface area (Å²) in [4.78, 5) is 48.7. The molecule has 4 bridgehead atoms. The number of hydrogen-bond acceptors (Lipinski definition) is 4. The standard InChI is InChI=1S/C23H30N4O4/c24-19(28)5-6-25-21(30)17-3-1-2-4-18(17)27-20(29)13-26-22(31)23-10-14-7-15(11-23)9-16(8-14)12-23/h1-4,14-16H,5-13H2,(H2,24,28)(H,25,30)(H,26,31)(H,27,29). The lowest BCUT2D eigenvalue weighted by Gasteiger charge is -2.55. The topological polar surface area (TPSA) is 130 Å². The number of carbonyl (C=O) groups is 4. The number of anilines is 1. The summed E-state index contributed by atoms with van der Waals surface area (Å²) in [6.07, 6.45) is 6.64. The Hall–Kier alpha value is -2.90. The van der Waals surface area contributed by atoms with Crippen LogP contribution in [0.25, 0.3) is 0 Å². The van der Waals surface area contributed by atoms with E-state index in [9.17, 15) is 19.2 Å². The van der Waals surface area contributed by atoms with Crippen LogP contribution in [0.2, 0.25) is 0 Å². The van der Waals surface area contributed by atoms with E-state index in [1.807, 2.05) is 0 Å². The van der Waals surface area contributed by atoms with Crippen molar-refractivity contribution < 1.29 is 19.2 Å². The lowest BCUT2D eigenvalue weighted by Crippen LogP contribution is -2.54. The van der Waals surface area contributed by atoms with E-state index in [-0.39, 0.29) is 42.3 Å². The first-order chi connectivity index (χ1) is 14.8. The fraction of sp³-hybridized carbons (Fsp3) is 0.565. The molecule has 4 aliphatic rings. The van der Waals surface area contributed by atoms with E-state index in [1.54, 1.807) is 24.3 Å². The van der Waals surface area contributed by atoms with Gasteiger partial charge in [0, 0.05) is 18.4 Å². The van der Waals surface area contributed by atoms with Crippen LogP contribution in [0.5, 0.6) is 0 Å². The molecule has 8 nitrogen and oxygen atoms in total. The van der Waals surface area contributed by atoms with Gasteiger partial charge in [0.25, 0.3) is 5.91 Å². The van der Waals surface area contributed by atoms with Crippen LogP contribution >= 0.6 is 0 Å². The molecule has 1 aromatic carbocycles.